The Labute approximate surface area is 165 Å². The Hall–Kier alpha value is -2.26. The van der Waals surface area contributed by atoms with E-state index in [0.717, 1.165) is 17.7 Å². The zero-order valence-electron chi connectivity index (χ0n) is 15.6. The monoisotopic (exact) mass is 403 g/mol. The van der Waals surface area contributed by atoms with Crippen molar-refractivity contribution in [3.63, 3.8) is 0 Å². The number of nitrogens with one attached hydrogen (secondary N) is 1. The number of carbonyl (C=O) groups is 1. The molecule has 3 aromatic rings. The maximum Gasteiger partial charge on any atom is 0.297 e. The molecular formula is C18H21N5O2S2. The number of fused-ring (bicyclic) bond motifs is 1. The summed E-state index contributed by atoms with van der Waals surface area (Å²) in [5.74, 6) is 0.0839. The van der Waals surface area contributed by atoms with E-state index >= 15 is 0 Å². The largest absolute Gasteiger partial charge is 0.325 e. The number of rotatable bonds is 5. The van der Waals surface area contributed by atoms with E-state index in [4.69, 9.17) is 0 Å². The van der Waals surface area contributed by atoms with Gasteiger partial charge in [-0.2, -0.15) is 4.52 Å². The van der Waals surface area contributed by atoms with E-state index in [1.165, 1.54) is 27.6 Å². The molecule has 0 atom stereocenters. The number of hydrogen-bond donors (Lipinski definition) is 1. The van der Waals surface area contributed by atoms with E-state index in [0.29, 0.717) is 15.0 Å². The number of aromatic nitrogens is 4. The van der Waals surface area contributed by atoms with Crippen LogP contribution in [-0.2, 0) is 16.6 Å². The van der Waals surface area contributed by atoms with Gasteiger partial charge >= 0.3 is 0 Å². The molecule has 0 unspecified atom stereocenters. The molecule has 0 spiro atoms. The zero-order chi connectivity index (χ0) is 19.6. The van der Waals surface area contributed by atoms with Crippen LogP contribution in [0.4, 0.5) is 5.69 Å². The lowest BCUT2D eigenvalue weighted by molar-refractivity contribution is -0.113. The molecule has 1 aromatic carbocycles. The number of thioether (sulfide) groups is 1. The fraction of sp³-hybridized carbons (Fsp3) is 0.389. The van der Waals surface area contributed by atoms with Gasteiger partial charge in [-0.15, -0.1) is 15.3 Å². The smallest absolute Gasteiger partial charge is 0.297 e. The second kappa shape index (κ2) is 7.77. The minimum atomic E-state index is -0.408. The fourth-order valence-electron chi connectivity index (χ4n) is 2.49. The predicted octanol–water partition coefficient (Wildman–Crippen LogP) is 3.14. The van der Waals surface area contributed by atoms with Gasteiger partial charge in [-0.25, -0.2) is 0 Å². The van der Waals surface area contributed by atoms with Crippen LogP contribution < -0.4 is 10.9 Å². The van der Waals surface area contributed by atoms with Crippen LogP contribution in [0.3, 0.4) is 0 Å². The van der Waals surface area contributed by atoms with Gasteiger partial charge in [-0.1, -0.05) is 69.0 Å². The summed E-state index contributed by atoms with van der Waals surface area (Å²) in [7, 11) is 0. The highest BCUT2D eigenvalue weighted by atomic mass is 32.2. The number of nitrogens with zero attached hydrogens (tertiary/aromatic N) is 4. The van der Waals surface area contributed by atoms with Crippen LogP contribution in [0.15, 0.2) is 33.4 Å². The molecule has 0 aliphatic heterocycles. The Kier molecular flexibility index (Phi) is 5.61. The molecular weight excluding hydrogens is 382 g/mol. The Morgan fingerprint density at radius 1 is 1.26 bits per heavy atom. The number of aryl methyl sites for hydroxylation is 1. The fourth-order valence-corrected chi connectivity index (χ4v) is 4.16. The normalized spacial score (nSPS) is 11.7. The molecule has 27 heavy (non-hydrogen) atoms. The number of anilines is 1. The maximum absolute atomic E-state index is 12.6. The SMILES string of the molecule is CCc1ccccc1NC(=O)CSc1nn2c(=O)c(C(C)(C)C)nnc2s1. The summed E-state index contributed by atoms with van der Waals surface area (Å²) in [5, 5.41) is 15.4. The van der Waals surface area contributed by atoms with Crippen LogP contribution >= 0.6 is 23.1 Å². The minimum Gasteiger partial charge on any atom is -0.325 e. The van der Waals surface area contributed by atoms with Gasteiger partial charge in [0.05, 0.1) is 5.75 Å². The molecule has 1 N–H and O–H groups in total. The van der Waals surface area contributed by atoms with Crippen LogP contribution in [0, 0.1) is 0 Å². The van der Waals surface area contributed by atoms with E-state index in [2.05, 4.69) is 20.6 Å². The van der Waals surface area contributed by atoms with Crippen molar-refractivity contribution in [2.24, 2.45) is 0 Å². The minimum absolute atomic E-state index is 0.117. The van der Waals surface area contributed by atoms with Crippen molar-refractivity contribution in [3.8, 4) is 0 Å². The summed E-state index contributed by atoms with van der Waals surface area (Å²) in [6, 6.07) is 7.73. The van der Waals surface area contributed by atoms with E-state index in [-0.39, 0.29) is 17.2 Å². The van der Waals surface area contributed by atoms with Gasteiger partial charge in [-0.3, -0.25) is 9.59 Å². The molecule has 2 heterocycles. The third-order valence-corrected chi connectivity index (χ3v) is 5.91. The average Bonchev–Trinajstić information content (AvgIpc) is 3.04. The third-order valence-electron chi connectivity index (χ3n) is 3.88. The number of hydrogen-bond acceptors (Lipinski definition) is 7. The standard InChI is InChI=1S/C18H21N5O2S2/c1-5-11-8-6-7-9-12(11)19-13(24)10-26-17-22-23-15(25)14(18(2,3)4)20-21-16(23)27-17/h6-9H,5,10H2,1-4H3,(H,19,24). The topological polar surface area (TPSA) is 89.3 Å². The van der Waals surface area contributed by atoms with Gasteiger partial charge < -0.3 is 5.32 Å². The molecule has 3 rings (SSSR count). The van der Waals surface area contributed by atoms with Crippen molar-refractivity contribution in [3.05, 3.63) is 45.9 Å². The first-order chi connectivity index (χ1) is 12.8. The van der Waals surface area contributed by atoms with Crippen LogP contribution in [-0.4, -0.2) is 31.5 Å². The molecule has 0 saturated carbocycles. The molecule has 0 fully saturated rings. The number of amides is 1. The Bertz CT molecular complexity index is 1040. The van der Waals surface area contributed by atoms with Crippen LogP contribution in [0.5, 0.6) is 0 Å². The first-order valence-corrected chi connectivity index (χ1v) is 10.4. The highest BCUT2D eigenvalue weighted by Gasteiger charge is 2.23. The van der Waals surface area contributed by atoms with Crippen molar-refractivity contribution < 1.29 is 4.79 Å². The molecule has 0 aliphatic rings. The van der Waals surface area contributed by atoms with Gasteiger partial charge in [0.15, 0.2) is 4.34 Å². The average molecular weight is 404 g/mol. The summed E-state index contributed by atoms with van der Waals surface area (Å²) in [4.78, 5) is 25.2. The van der Waals surface area contributed by atoms with E-state index in [1.54, 1.807) is 0 Å². The van der Waals surface area contributed by atoms with Crippen molar-refractivity contribution in [1.82, 2.24) is 19.8 Å². The van der Waals surface area contributed by atoms with E-state index < -0.39 is 5.41 Å². The third kappa shape index (κ3) is 4.36. The van der Waals surface area contributed by atoms with Gasteiger partial charge in [0.1, 0.15) is 5.69 Å². The highest BCUT2D eigenvalue weighted by molar-refractivity contribution is 8.01. The lowest BCUT2D eigenvalue weighted by Crippen LogP contribution is -2.30. The van der Waals surface area contributed by atoms with Crippen molar-refractivity contribution in [2.45, 2.75) is 43.9 Å². The van der Waals surface area contributed by atoms with E-state index in [1.807, 2.05) is 52.0 Å². The van der Waals surface area contributed by atoms with Gasteiger partial charge in [-0.05, 0) is 18.1 Å². The van der Waals surface area contributed by atoms with E-state index in [9.17, 15) is 9.59 Å². The molecule has 142 valence electrons. The lowest BCUT2D eigenvalue weighted by Gasteiger charge is -2.14. The lowest BCUT2D eigenvalue weighted by atomic mass is 9.93. The molecule has 0 radical (unpaired) electrons. The number of para-hydroxylation sites is 1. The number of carbonyl (C=O) groups excluding carboxylic acids is 1. The Morgan fingerprint density at radius 2 is 2.00 bits per heavy atom. The van der Waals surface area contributed by atoms with Gasteiger partial charge in [0.2, 0.25) is 10.9 Å². The molecule has 9 heteroatoms. The molecule has 7 nitrogen and oxygen atoms in total. The molecule has 0 saturated heterocycles. The summed E-state index contributed by atoms with van der Waals surface area (Å²) in [6.45, 7) is 7.77. The summed E-state index contributed by atoms with van der Waals surface area (Å²) in [5.41, 5.74) is 1.61. The molecule has 0 aliphatic carbocycles. The van der Waals surface area contributed by atoms with Crippen molar-refractivity contribution in [2.75, 3.05) is 11.1 Å². The molecule has 1 amide bonds. The summed E-state index contributed by atoms with van der Waals surface area (Å²) < 4.78 is 1.87. The molecule has 2 aromatic heterocycles. The summed E-state index contributed by atoms with van der Waals surface area (Å²) in [6.07, 6.45) is 0.846. The zero-order valence-corrected chi connectivity index (χ0v) is 17.3. The van der Waals surface area contributed by atoms with Crippen LogP contribution in [0.25, 0.3) is 4.96 Å². The quantitative estimate of drug-likeness (QED) is 0.659. The van der Waals surface area contributed by atoms with Crippen molar-refractivity contribution >= 4 is 39.7 Å². The van der Waals surface area contributed by atoms with Gasteiger partial charge in [0, 0.05) is 11.1 Å². The highest BCUT2D eigenvalue weighted by Crippen LogP contribution is 2.24. The number of benzene rings is 1. The Balaban J connectivity index is 1.73. The maximum atomic E-state index is 12.6. The van der Waals surface area contributed by atoms with Gasteiger partial charge in [0.25, 0.3) is 5.56 Å². The molecule has 0 bridgehead atoms. The first-order valence-electron chi connectivity index (χ1n) is 8.57. The van der Waals surface area contributed by atoms with Crippen LogP contribution in [0.2, 0.25) is 0 Å². The first kappa shape index (κ1) is 19.5. The predicted molar refractivity (Wildman–Crippen MR) is 109 cm³/mol. The second-order valence-electron chi connectivity index (χ2n) is 7.01. The second-order valence-corrected chi connectivity index (χ2v) is 9.19. The van der Waals surface area contributed by atoms with Crippen LogP contribution in [0.1, 0.15) is 39.0 Å². The Morgan fingerprint density at radius 3 is 2.70 bits per heavy atom. The summed E-state index contributed by atoms with van der Waals surface area (Å²) >= 11 is 2.52. The van der Waals surface area contributed by atoms with Crippen molar-refractivity contribution in [1.29, 1.82) is 0 Å².